The average molecular weight is 421 g/mol. The van der Waals surface area contributed by atoms with E-state index in [1.54, 1.807) is 16.9 Å². The summed E-state index contributed by atoms with van der Waals surface area (Å²) in [6.45, 7) is 3.72. The third-order valence-electron chi connectivity index (χ3n) is 6.32. The van der Waals surface area contributed by atoms with E-state index in [1.165, 1.54) is 0 Å². The molecule has 0 spiro atoms. The van der Waals surface area contributed by atoms with Crippen LogP contribution in [0.2, 0.25) is 0 Å². The molecule has 160 valence electrons. The largest absolute Gasteiger partial charge is 0.472 e. The Morgan fingerprint density at radius 1 is 1.10 bits per heavy atom. The number of hydrogen-bond donors (Lipinski definition) is 1. The number of benzene rings is 1. The number of piperidine rings is 1. The zero-order valence-electron chi connectivity index (χ0n) is 17.1. The summed E-state index contributed by atoms with van der Waals surface area (Å²) in [4.78, 5) is 6.40. The second-order valence-corrected chi connectivity index (χ2v) is 8.39. The number of pyridine rings is 1. The number of anilines is 1. The standard InChI is InChI=1S/C23H24FN5O2/c24-20-10-18(29-11-15-12-31-23-19(22(15)27-29)2-1-7-25-23)3-4-21(20)28-8-5-16(6-9-28)26-17-13-30-14-17/h1-4,7,10-11,16-17,26H,5-6,8-9,12-14H2. The summed E-state index contributed by atoms with van der Waals surface area (Å²) in [6, 6.07) is 10.1. The highest BCUT2D eigenvalue weighted by molar-refractivity contribution is 5.69. The van der Waals surface area contributed by atoms with Gasteiger partial charge in [0.1, 0.15) is 18.1 Å². The Morgan fingerprint density at radius 2 is 1.97 bits per heavy atom. The second-order valence-electron chi connectivity index (χ2n) is 8.39. The third kappa shape index (κ3) is 3.45. The molecule has 0 atom stereocenters. The lowest BCUT2D eigenvalue weighted by Gasteiger charge is -2.38. The topological polar surface area (TPSA) is 64.4 Å². The second kappa shape index (κ2) is 7.62. The van der Waals surface area contributed by atoms with Crippen LogP contribution in [0.25, 0.3) is 16.9 Å². The van der Waals surface area contributed by atoms with Crippen molar-refractivity contribution < 1.29 is 13.9 Å². The molecular formula is C23H24FN5O2. The highest BCUT2D eigenvalue weighted by Crippen LogP contribution is 2.35. The van der Waals surface area contributed by atoms with Gasteiger partial charge in [-0.3, -0.25) is 0 Å². The normalized spacial score (nSPS) is 18.8. The van der Waals surface area contributed by atoms with Gasteiger partial charge < -0.3 is 19.7 Å². The molecule has 6 rings (SSSR count). The van der Waals surface area contributed by atoms with Crippen LogP contribution >= 0.6 is 0 Å². The molecule has 7 nitrogen and oxygen atoms in total. The van der Waals surface area contributed by atoms with Crippen LogP contribution < -0.4 is 15.0 Å². The van der Waals surface area contributed by atoms with E-state index in [0.29, 0.717) is 35.9 Å². The van der Waals surface area contributed by atoms with Crippen LogP contribution in [0.4, 0.5) is 10.1 Å². The Labute approximate surface area is 179 Å². The maximum absolute atomic E-state index is 15.1. The van der Waals surface area contributed by atoms with Crippen molar-refractivity contribution in [2.45, 2.75) is 31.5 Å². The molecule has 3 aliphatic heterocycles. The minimum Gasteiger partial charge on any atom is -0.472 e. The molecule has 2 fully saturated rings. The van der Waals surface area contributed by atoms with Crippen molar-refractivity contribution in [1.82, 2.24) is 20.1 Å². The summed E-state index contributed by atoms with van der Waals surface area (Å²) >= 11 is 0. The van der Waals surface area contributed by atoms with Gasteiger partial charge in [0, 0.05) is 43.2 Å². The number of fused-ring (bicyclic) bond motifs is 3. The Hall–Kier alpha value is -2.97. The van der Waals surface area contributed by atoms with E-state index in [-0.39, 0.29) is 5.82 Å². The van der Waals surface area contributed by atoms with Gasteiger partial charge in [-0.1, -0.05) is 0 Å². The lowest BCUT2D eigenvalue weighted by molar-refractivity contribution is -0.0111. The van der Waals surface area contributed by atoms with E-state index in [9.17, 15) is 0 Å². The number of aromatic nitrogens is 3. The maximum Gasteiger partial charge on any atom is 0.223 e. The first-order valence-corrected chi connectivity index (χ1v) is 10.8. The number of hydrogen-bond acceptors (Lipinski definition) is 6. The predicted octanol–water partition coefficient (Wildman–Crippen LogP) is 2.92. The van der Waals surface area contributed by atoms with E-state index in [4.69, 9.17) is 14.6 Å². The van der Waals surface area contributed by atoms with Crippen LogP contribution in [0, 0.1) is 5.82 Å². The Balaban J connectivity index is 1.19. The van der Waals surface area contributed by atoms with Crippen LogP contribution in [0.15, 0.2) is 42.7 Å². The van der Waals surface area contributed by atoms with Gasteiger partial charge in [0.05, 0.1) is 36.2 Å². The summed E-state index contributed by atoms with van der Waals surface area (Å²) in [5.41, 5.74) is 4.03. The van der Waals surface area contributed by atoms with Crippen LogP contribution in [0.3, 0.4) is 0 Å². The fraction of sp³-hybridized carbons (Fsp3) is 0.391. The Morgan fingerprint density at radius 3 is 2.74 bits per heavy atom. The first-order valence-electron chi connectivity index (χ1n) is 10.8. The average Bonchev–Trinajstić information content (AvgIpc) is 3.22. The molecule has 0 unspecified atom stereocenters. The smallest absolute Gasteiger partial charge is 0.223 e. The lowest BCUT2D eigenvalue weighted by atomic mass is 10.0. The fourth-order valence-electron chi connectivity index (χ4n) is 4.55. The van der Waals surface area contributed by atoms with Crippen molar-refractivity contribution in [2.75, 3.05) is 31.2 Å². The van der Waals surface area contributed by atoms with Crippen molar-refractivity contribution in [2.24, 2.45) is 0 Å². The van der Waals surface area contributed by atoms with Gasteiger partial charge in [0.15, 0.2) is 0 Å². The van der Waals surface area contributed by atoms with Crippen LogP contribution in [0.1, 0.15) is 18.4 Å². The van der Waals surface area contributed by atoms with E-state index < -0.39 is 0 Å². The summed E-state index contributed by atoms with van der Waals surface area (Å²) in [6.07, 6.45) is 5.63. The Bertz CT molecular complexity index is 1110. The van der Waals surface area contributed by atoms with Crippen molar-refractivity contribution in [3.8, 4) is 22.8 Å². The molecule has 1 aromatic carbocycles. The Kier molecular flexibility index (Phi) is 4.61. The number of nitrogens with zero attached hydrogens (tertiary/aromatic N) is 4. The molecule has 31 heavy (non-hydrogen) atoms. The molecule has 0 aliphatic carbocycles. The number of ether oxygens (including phenoxy) is 2. The quantitative estimate of drug-likeness (QED) is 0.699. The number of halogens is 1. The van der Waals surface area contributed by atoms with Gasteiger partial charge in [-0.15, -0.1) is 0 Å². The fourth-order valence-corrected chi connectivity index (χ4v) is 4.55. The van der Waals surface area contributed by atoms with Gasteiger partial charge >= 0.3 is 0 Å². The summed E-state index contributed by atoms with van der Waals surface area (Å²) in [5, 5.41) is 8.33. The zero-order valence-corrected chi connectivity index (χ0v) is 17.1. The van der Waals surface area contributed by atoms with E-state index in [1.807, 2.05) is 30.5 Å². The van der Waals surface area contributed by atoms with Gasteiger partial charge in [0.2, 0.25) is 5.88 Å². The molecule has 0 bridgehead atoms. The molecule has 3 aromatic rings. The monoisotopic (exact) mass is 421 g/mol. The molecular weight excluding hydrogens is 397 g/mol. The SMILES string of the molecule is Fc1cc(-n2cc3c(n2)-c2cccnc2OC3)ccc1N1CCC(NC2COC2)CC1. The minimum absolute atomic E-state index is 0.219. The van der Waals surface area contributed by atoms with Crippen molar-refractivity contribution >= 4 is 5.69 Å². The van der Waals surface area contributed by atoms with Crippen molar-refractivity contribution in [3.63, 3.8) is 0 Å². The van der Waals surface area contributed by atoms with Gasteiger partial charge in [0.25, 0.3) is 0 Å². The molecule has 1 N–H and O–H groups in total. The third-order valence-corrected chi connectivity index (χ3v) is 6.32. The van der Waals surface area contributed by atoms with Gasteiger partial charge in [-0.05, 0) is 37.1 Å². The molecule has 2 saturated heterocycles. The highest BCUT2D eigenvalue weighted by Gasteiger charge is 2.27. The summed E-state index contributed by atoms with van der Waals surface area (Å²) in [5.74, 6) is 0.368. The maximum atomic E-state index is 15.1. The van der Waals surface area contributed by atoms with Crippen LogP contribution in [-0.2, 0) is 11.3 Å². The molecule has 2 aromatic heterocycles. The van der Waals surface area contributed by atoms with E-state index in [0.717, 1.165) is 56.0 Å². The first-order chi connectivity index (χ1) is 15.2. The molecule has 0 saturated carbocycles. The molecule has 8 heteroatoms. The van der Waals surface area contributed by atoms with Crippen LogP contribution in [0.5, 0.6) is 5.88 Å². The summed E-state index contributed by atoms with van der Waals surface area (Å²) < 4.78 is 27.7. The van der Waals surface area contributed by atoms with Crippen LogP contribution in [-0.4, -0.2) is 53.2 Å². The van der Waals surface area contributed by atoms with Crippen molar-refractivity contribution in [1.29, 1.82) is 0 Å². The van der Waals surface area contributed by atoms with E-state index >= 15 is 4.39 Å². The lowest BCUT2D eigenvalue weighted by Crippen LogP contribution is -2.53. The molecule has 3 aliphatic rings. The van der Waals surface area contributed by atoms with Gasteiger partial charge in [-0.2, -0.15) is 5.10 Å². The number of rotatable bonds is 4. The predicted molar refractivity (Wildman–Crippen MR) is 114 cm³/mol. The minimum atomic E-state index is -0.219. The molecule has 5 heterocycles. The zero-order chi connectivity index (χ0) is 20.8. The summed E-state index contributed by atoms with van der Waals surface area (Å²) in [7, 11) is 0. The molecule has 0 amide bonds. The van der Waals surface area contributed by atoms with Crippen molar-refractivity contribution in [3.05, 3.63) is 54.1 Å². The first kappa shape index (κ1) is 18.8. The van der Waals surface area contributed by atoms with E-state index in [2.05, 4.69) is 15.2 Å². The van der Waals surface area contributed by atoms with Gasteiger partial charge in [-0.25, -0.2) is 14.1 Å². The molecule has 0 radical (unpaired) electrons. The highest BCUT2D eigenvalue weighted by atomic mass is 19.1. The number of nitrogens with one attached hydrogen (secondary N) is 1.